The maximum Gasteiger partial charge on any atom is 0.0144 e. The molecule has 18 heavy (non-hydrogen) atoms. The number of hydrogen-bond acceptors (Lipinski definition) is 3. The largest absolute Gasteiger partial charge is 0.258 e. The Hall–Kier alpha value is -0.120. The molecule has 0 heterocycles. The molecule has 0 radical (unpaired) electrons. The van der Waals surface area contributed by atoms with Crippen molar-refractivity contribution in [1.82, 2.24) is 10.5 Å². The third kappa shape index (κ3) is 12.3. The summed E-state index contributed by atoms with van der Waals surface area (Å²) in [6.45, 7) is 6.59. The SMILES string of the molecule is CCCCCCCCCCCCN(CCC)NN. The molecule has 0 atom stereocenters. The zero-order valence-corrected chi connectivity index (χ0v) is 12.7. The minimum absolute atomic E-state index is 1.05. The zero-order chi connectivity index (χ0) is 13.5. The molecule has 0 aromatic carbocycles. The fourth-order valence-corrected chi connectivity index (χ4v) is 2.30. The predicted octanol–water partition coefficient (Wildman–Crippen LogP) is 4.00. The van der Waals surface area contributed by atoms with Crippen LogP contribution >= 0.6 is 0 Å². The van der Waals surface area contributed by atoms with Crippen LogP contribution in [0.5, 0.6) is 0 Å². The lowest BCUT2D eigenvalue weighted by Crippen LogP contribution is -2.43. The fourth-order valence-electron chi connectivity index (χ4n) is 2.30. The average Bonchev–Trinajstić information content (AvgIpc) is 2.39. The Kier molecular flexibility index (Phi) is 14.8. The molecule has 0 unspecified atom stereocenters. The van der Waals surface area contributed by atoms with Crippen LogP contribution in [0.3, 0.4) is 0 Å². The highest BCUT2D eigenvalue weighted by Gasteiger charge is 1.99. The first-order valence-electron chi connectivity index (χ1n) is 8.06. The second kappa shape index (κ2) is 14.9. The van der Waals surface area contributed by atoms with E-state index in [1.165, 1.54) is 64.2 Å². The van der Waals surface area contributed by atoms with Gasteiger partial charge in [-0.1, -0.05) is 71.6 Å². The lowest BCUT2D eigenvalue weighted by molar-refractivity contribution is 0.185. The summed E-state index contributed by atoms with van der Waals surface area (Å²) in [5.74, 6) is 5.46. The van der Waals surface area contributed by atoms with Gasteiger partial charge in [-0.15, -0.1) is 0 Å². The first-order valence-corrected chi connectivity index (χ1v) is 8.06. The lowest BCUT2D eigenvalue weighted by Gasteiger charge is -2.19. The van der Waals surface area contributed by atoms with Crippen molar-refractivity contribution in [2.75, 3.05) is 13.1 Å². The van der Waals surface area contributed by atoms with Crippen molar-refractivity contribution in [3.8, 4) is 0 Å². The predicted molar refractivity (Wildman–Crippen MR) is 81.0 cm³/mol. The molecule has 0 rings (SSSR count). The van der Waals surface area contributed by atoms with E-state index >= 15 is 0 Å². The molecular formula is C15H35N3. The summed E-state index contributed by atoms with van der Waals surface area (Å²) in [5, 5.41) is 2.12. The van der Waals surface area contributed by atoms with Crippen LogP contribution in [0.15, 0.2) is 0 Å². The maximum atomic E-state index is 5.46. The molecule has 3 N–H and O–H groups in total. The van der Waals surface area contributed by atoms with E-state index in [0.29, 0.717) is 0 Å². The number of nitrogens with two attached hydrogens (primary N) is 1. The highest BCUT2D eigenvalue weighted by atomic mass is 15.6. The van der Waals surface area contributed by atoms with E-state index in [0.717, 1.165) is 19.5 Å². The summed E-state index contributed by atoms with van der Waals surface area (Å²) >= 11 is 0. The van der Waals surface area contributed by atoms with Crippen molar-refractivity contribution < 1.29 is 0 Å². The molecule has 0 aliphatic carbocycles. The standard InChI is InChI=1S/C15H35N3/c1-3-5-6-7-8-9-10-11-12-13-15-18(17-16)14-4-2/h17H,3-16H2,1-2H3. The summed E-state index contributed by atoms with van der Waals surface area (Å²) in [6.07, 6.45) is 15.1. The second-order valence-electron chi connectivity index (χ2n) is 5.30. The Labute approximate surface area is 114 Å². The van der Waals surface area contributed by atoms with E-state index in [1.807, 2.05) is 0 Å². The lowest BCUT2D eigenvalue weighted by atomic mass is 10.1. The minimum atomic E-state index is 1.05. The summed E-state index contributed by atoms with van der Waals surface area (Å²) in [5.41, 5.74) is 2.77. The summed E-state index contributed by atoms with van der Waals surface area (Å²) < 4.78 is 0. The molecule has 0 aromatic heterocycles. The molecule has 0 spiro atoms. The minimum Gasteiger partial charge on any atom is -0.258 e. The Morgan fingerprint density at radius 2 is 1.17 bits per heavy atom. The monoisotopic (exact) mass is 257 g/mol. The van der Waals surface area contributed by atoms with Gasteiger partial charge in [0.05, 0.1) is 0 Å². The van der Waals surface area contributed by atoms with Gasteiger partial charge < -0.3 is 0 Å². The molecule has 0 fully saturated rings. The van der Waals surface area contributed by atoms with Crippen LogP contribution in [0, 0.1) is 0 Å². The third-order valence-corrected chi connectivity index (χ3v) is 3.46. The smallest absolute Gasteiger partial charge is 0.0144 e. The first kappa shape index (κ1) is 17.9. The topological polar surface area (TPSA) is 41.3 Å². The number of nitrogens with one attached hydrogen (secondary N) is 1. The van der Waals surface area contributed by atoms with E-state index in [4.69, 9.17) is 5.84 Å². The Morgan fingerprint density at radius 3 is 1.61 bits per heavy atom. The van der Waals surface area contributed by atoms with Gasteiger partial charge in [0.15, 0.2) is 0 Å². The number of nitrogens with zero attached hydrogens (tertiary/aromatic N) is 1. The van der Waals surface area contributed by atoms with E-state index < -0.39 is 0 Å². The number of hydrazine groups is 2. The van der Waals surface area contributed by atoms with E-state index in [2.05, 4.69) is 24.4 Å². The Balaban J connectivity index is 3.10. The van der Waals surface area contributed by atoms with Crippen molar-refractivity contribution in [1.29, 1.82) is 0 Å². The normalized spacial score (nSPS) is 11.3. The van der Waals surface area contributed by atoms with Crippen molar-refractivity contribution >= 4 is 0 Å². The molecular weight excluding hydrogens is 222 g/mol. The average molecular weight is 257 g/mol. The van der Waals surface area contributed by atoms with Gasteiger partial charge in [0.2, 0.25) is 0 Å². The van der Waals surface area contributed by atoms with Crippen LogP contribution in [0.1, 0.15) is 84.5 Å². The van der Waals surface area contributed by atoms with Crippen LogP contribution in [0.4, 0.5) is 0 Å². The molecule has 110 valence electrons. The Bertz CT molecular complexity index is 151. The highest BCUT2D eigenvalue weighted by Crippen LogP contribution is 2.10. The van der Waals surface area contributed by atoms with Crippen LogP contribution in [-0.2, 0) is 0 Å². The second-order valence-corrected chi connectivity index (χ2v) is 5.30. The molecule has 0 amide bonds. The van der Waals surface area contributed by atoms with Gasteiger partial charge in [-0.3, -0.25) is 5.84 Å². The van der Waals surface area contributed by atoms with Crippen LogP contribution in [-0.4, -0.2) is 18.1 Å². The number of rotatable bonds is 14. The van der Waals surface area contributed by atoms with Crippen LogP contribution < -0.4 is 11.4 Å². The highest BCUT2D eigenvalue weighted by molar-refractivity contribution is 4.51. The number of hydrogen-bond donors (Lipinski definition) is 2. The fraction of sp³-hybridized carbons (Fsp3) is 1.00. The van der Waals surface area contributed by atoms with Gasteiger partial charge in [0, 0.05) is 13.1 Å². The van der Waals surface area contributed by atoms with E-state index in [-0.39, 0.29) is 0 Å². The molecule has 3 heteroatoms. The van der Waals surface area contributed by atoms with Gasteiger partial charge in [-0.2, -0.15) is 5.53 Å². The molecule has 0 bridgehead atoms. The van der Waals surface area contributed by atoms with Crippen LogP contribution in [0.25, 0.3) is 0 Å². The van der Waals surface area contributed by atoms with E-state index in [1.54, 1.807) is 0 Å². The molecule has 0 saturated heterocycles. The van der Waals surface area contributed by atoms with E-state index in [9.17, 15) is 0 Å². The summed E-state index contributed by atoms with van der Waals surface area (Å²) in [7, 11) is 0. The molecule has 3 nitrogen and oxygen atoms in total. The van der Waals surface area contributed by atoms with Crippen molar-refractivity contribution in [3.63, 3.8) is 0 Å². The van der Waals surface area contributed by atoms with Crippen LogP contribution in [0.2, 0.25) is 0 Å². The van der Waals surface area contributed by atoms with Gasteiger partial charge in [0.1, 0.15) is 0 Å². The van der Waals surface area contributed by atoms with Gasteiger partial charge in [-0.25, -0.2) is 5.01 Å². The summed E-state index contributed by atoms with van der Waals surface area (Å²) in [6, 6.07) is 0. The summed E-state index contributed by atoms with van der Waals surface area (Å²) in [4.78, 5) is 0. The van der Waals surface area contributed by atoms with Crippen molar-refractivity contribution in [2.24, 2.45) is 5.84 Å². The molecule has 0 aliphatic heterocycles. The zero-order valence-electron chi connectivity index (χ0n) is 12.7. The third-order valence-electron chi connectivity index (χ3n) is 3.46. The van der Waals surface area contributed by atoms with Crippen molar-refractivity contribution in [3.05, 3.63) is 0 Å². The first-order chi connectivity index (χ1) is 8.85. The van der Waals surface area contributed by atoms with Crippen molar-refractivity contribution in [2.45, 2.75) is 84.5 Å². The maximum absolute atomic E-state index is 5.46. The quantitative estimate of drug-likeness (QED) is 0.281. The molecule has 0 saturated carbocycles. The molecule has 0 aromatic rings. The van der Waals surface area contributed by atoms with Gasteiger partial charge >= 0.3 is 0 Å². The molecule has 0 aliphatic rings. The Morgan fingerprint density at radius 1 is 0.667 bits per heavy atom. The van der Waals surface area contributed by atoms with Gasteiger partial charge in [0.25, 0.3) is 0 Å². The number of unbranched alkanes of at least 4 members (excludes halogenated alkanes) is 9. The van der Waals surface area contributed by atoms with Gasteiger partial charge in [-0.05, 0) is 12.8 Å².